The van der Waals surface area contributed by atoms with Gasteiger partial charge in [0.05, 0.1) is 0 Å². The molecule has 0 fully saturated rings. The molecule has 0 atom stereocenters. The summed E-state index contributed by atoms with van der Waals surface area (Å²) in [6.45, 7) is 7.38. The monoisotopic (exact) mass is 457 g/mol. The molecule has 1 amide bonds. The maximum Gasteiger partial charge on any atom is 0.265 e. The normalized spacial score (nSPS) is 11.8. The minimum atomic E-state index is -1.39. The Kier molecular flexibility index (Phi) is 9.35. The Hall–Kier alpha value is -2.77. The average Bonchev–Trinajstić information content (AvgIpc) is 2.76. The second kappa shape index (κ2) is 11.7. The second-order valence-corrected chi connectivity index (χ2v) is 8.51. The quantitative estimate of drug-likeness (QED) is 0.197. The number of thiocarbonyl (C=S) groups is 1. The Balaban J connectivity index is 2.05. The van der Waals surface area contributed by atoms with Gasteiger partial charge in [-0.3, -0.25) is 10.2 Å². The molecular weight excluding hydrogens is 425 g/mol. The number of unbranched alkanes of at least 4 members (excludes halogenated alkanes) is 1. The molecule has 0 aliphatic carbocycles. The fourth-order valence-electron chi connectivity index (χ4n) is 3.12. The number of allylic oxidation sites excluding steroid dienone is 1. The van der Waals surface area contributed by atoms with Crippen molar-refractivity contribution in [2.45, 2.75) is 52.6 Å². The number of carbonyl (C=O) groups excluding carboxylic acids is 1. The van der Waals surface area contributed by atoms with Gasteiger partial charge in [-0.15, -0.1) is 0 Å². The number of alkyl halides is 1. The van der Waals surface area contributed by atoms with Crippen molar-refractivity contribution in [2.75, 3.05) is 6.61 Å². The second-order valence-electron chi connectivity index (χ2n) is 8.10. The number of hydrogen-bond donors (Lipinski definition) is 3. The minimum Gasteiger partial charge on any atom is -0.489 e. The highest BCUT2D eigenvalue weighted by atomic mass is 32.1. The lowest BCUT2D eigenvalue weighted by Gasteiger charge is -2.16. The van der Waals surface area contributed by atoms with Crippen molar-refractivity contribution in [1.29, 1.82) is 0 Å². The van der Waals surface area contributed by atoms with Crippen LogP contribution in [0, 0.1) is 6.92 Å². The third-order valence-electron chi connectivity index (χ3n) is 5.06. The van der Waals surface area contributed by atoms with E-state index in [9.17, 15) is 9.18 Å². The molecule has 4 N–H and O–H groups in total. The third kappa shape index (κ3) is 7.43. The molecule has 32 heavy (non-hydrogen) atoms. The smallest absolute Gasteiger partial charge is 0.265 e. The number of hydrazine groups is 1. The number of halogens is 1. The molecule has 5 nitrogen and oxygen atoms in total. The summed E-state index contributed by atoms with van der Waals surface area (Å²) < 4.78 is 19.9. The molecule has 0 saturated carbocycles. The average molecular weight is 458 g/mol. The fraction of sp³-hybridized carbons (Fsp3) is 0.360. The molecule has 0 aromatic heterocycles. The Labute approximate surface area is 195 Å². The van der Waals surface area contributed by atoms with E-state index in [0.29, 0.717) is 28.5 Å². The van der Waals surface area contributed by atoms with Gasteiger partial charge in [0, 0.05) is 16.8 Å². The lowest BCUT2D eigenvalue weighted by Crippen LogP contribution is -2.30. The molecule has 0 bridgehead atoms. The van der Waals surface area contributed by atoms with Gasteiger partial charge in [-0.2, -0.15) is 0 Å². The number of carbonyl (C=O) groups is 1. The molecule has 0 heterocycles. The zero-order valence-corrected chi connectivity index (χ0v) is 19.9. The molecule has 172 valence electrons. The molecule has 7 heteroatoms. The van der Waals surface area contributed by atoms with Crippen LogP contribution in [-0.2, 0) is 5.67 Å². The van der Waals surface area contributed by atoms with E-state index < -0.39 is 5.67 Å². The summed E-state index contributed by atoms with van der Waals surface area (Å²) in [5, 5.41) is 3.31. The Morgan fingerprint density at radius 1 is 1.22 bits per heavy atom. The highest BCUT2D eigenvalue weighted by Crippen LogP contribution is 2.24. The topological polar surface area (TPSA) is 76.4 Å². The summed E-state index contributed by atoms with van der Waals surface area (Å²) in [6.07, 6.45) is 4.87. The van der Waals surface area contributed by atoms with Crippen LogP contribution in [0.1, 0.15) is 67.1 Å². The van der Waals surface area contributed by atoms with Gasteiger partial charge in [-0.1, -0.05) is 49.8 Å². The number of aryl methyl sites for hydroxylation is 1. The molecule has 0 radical (unpaired) electrons. The fourth-order valence-corrected chi connectivity index (χ4v) is 3.38. The SMILES string of the molecule is CCCC/C(=C\COc1ccc(C(=O)NN)c(C)c1)NC(=S)c1ccc(C(C)(C)F)cc1. The van der Waals surface area contributed by atoms with Gasteiger partial charge in [0.15, 0.2) is 0 Å². The first kappa shape index (κ1) is 25.5. The predicted molar refractivity (Wildman–Crippen MR) is 131 cm³/mol. The van der Waals surface area contributed by atoms with Crippen LogP contribution in [0.5, 0.6) is 5.75 Å². The molecule has 2 aromatic carbocycles. The van der Waals surface area contributed by atoms with Gasteiger partial charge < -0.3 is 10.1 Å². The summed E-state index contributed by atoms with van der Waals surface area (Å²) in [6, 6.07) is 12.4. The van der Waals surface area contributed by atoms with Crippen molar-refractivity contribution in [1.82, 2.24) is 10.7 Å². The van der Waals surface area contributed by atoms with Crippen LogP contribution in [0.15, 0.2) is 54.2 Å². The maximum atomic E-state index is 14.1. The Morgan fingerprint density at radius 3 is 2.47 bits per heavy atom. The molecule has 0 unspecified atom stereocenters. The van der Waals surface area contributed by atoms with Crippen molar-refractivity contribution in [2.24, 2.45) is 5.84 Å². The van der Waals surface area contributed by atoms with Gasteiger partial charge in [-0.05, 0) is 69.0 Å². The van der Waals surface area contributed by atoms with Crippen LogP contribution in [0.3, 0.4) is 0 Å². The number of ether oxygens (including phenoxy) is 1. The van der Waals surface area contributed by atoms with E-state index in [1.807, 2.05) is 25.1 Å². The zero-order valence-electron chi connectivity index (χ0n) is 19.1. The minimum absolute atomic E-state index is 0.336. The van der Waals surface area contributed by atoms with Crippen molar-refractivity contribution >= 4 is 23.1 Å². The largest absolute Gasteiger partial charge is 0.489 e. The number of nitrogens with one attached hydrogen (secondary N) is 2. The van der Waals surface area contributed by atoms with Crippen LogP contribution in [0.4, 0.5) is 4.39 Å². The van der Waals surface area contributed by atoms with Gasteiger partial charge >= 0.3 is 0 Å². The molecule has 2 aromatic rings. The number of benzene rings is 2. The van der Waals surface area contributed by atoms with E-state index in [4.69, 9.17) is 22.8 Å². The number of rotatable bonds is 10. The molecule has 0 saturated heterocycles. The third-order valence-corrected chi connectivity index (χ3v) is 5.40. The standard InChI is InChI=1S/C25H32FN3O2S/c1-5-6-7-20(28-24(32)18-8-10-19(11-9-18)25(3,4)26)14-15-31-21-12-13-22(17(2)16-21)23(30)29-27/h8-14,16H,5-7,15,27H2,1-4H3,(H,28,32)(H,29,30)/b20-14+. The highest BCUT2D eigenvalue weighted by molar-refractivity contribution is 7.80. The first-order chi connectivity index (χ1) is 15.2. The van der Waals surface area contributed by atoms with Crippen LogP contribution in [0.2, 0.25) is 0 Å². The van der Waals surface area contributed by atoms with E-state index in [1.54, 1.807) is 30.3 Å². The first-order valence-corrected chi connectivity index (χ1v) is 11.1. The molecule has 0 aliphatic heterocycles. The first-order valence-electron chi connectivity index (χ1n) is 10.7. The van der Waals surface area contributed by atoms with E-state index >= 15 is 0 Å². The van der Waals surface area contributed by atoms with Gasteiger partial charge in [-0.25, -0.2) is 10.2 Å². The zero-order chi connectivity index (χ0) is 23.7. The summed E-state index contributed by atoms with van der Waals surface area (Å²) >= 11 is 5.56. The molecule has 0 spiro atoms. The van der Waals surface area contributed by atoms with E-state index in [2.05, 4.69) is 17.7 Å². The molecular formula is C25H32FN3O2S. The lowest BCUT2D eigenvalue weighted by molar-refractivity contribution is 0.0953. The molecule has 0 aliphatic rings. The summed E-state index contributed by atoms with van der Waals surface area (Å²) in [5.74, 6) is 5.52. The van der Waals surface area contributed by atoms with Crippen LogP contribution < -0.4 is 21.3 Å². The van der Waals surface area contributed by atoms with Crippen molar-refractivity contribution in [3.05, 3.63) is 76.5 Å². The van der Waals surface area contributed by atoms with E-state index in [0.717, 1.165) is 36.1 Å². The molecule has 2 rings (SSSR count). The predicted octanol–water partition coefficient (Wildman–Crippen LogP) is 5.22. The van der Waals surface area contributed by atoms with Crippen LogP contribution in [-0.4, -0.2) is 17.5 Å². The van der Waals surface area contributed by atoms with Crippen molar-refractivity contribution in [3.8, 4) is 5.75 Å². The maximum absolute atomic E-state index is 14.1. The van der Waals surface area contributed by atoms with Crippen molar-refractivity contribution < 1.29 is 13.9 Å². The van der Waals surface area contributed by atoms with Crippen molar-refractivity contribution in [3.63, 3.8) is 0 Å². The number of hydrogen-bond acceptors (Lipinski definition) is 4. The summed E-state index contributed by atoms with van der Waals surface area (Å²) in [7, 11) is 0. The van der Waals surface area contributed by atoms with E-state index in [1.165, 1.54) is 13.8 Å². The van der Waals surface area contributed by atoms with Crippen LogP contribution in [0.25, 0.3) is 0 Å². The van der Waals surface area contributed by atoms with Gasteiger partial charge in [0.2, 0.25) is 0 Å². The Morgan fingerprint density at radius 2 is 1.91 bits per heavy atom. The lowest BCUT2D eigenvalue weighted by atomic mass is 9.99. The van der Waals surface area contributed by atoms with Crippen LogP contribution >= 0.6 is 12.2 Å². The summed E-state index contributed by atoms with van der Waals surface area (Å²) in [5.41, 5.74) is 4.45. The van der Waals surface area contributed by atoms with Gasteiger partial charge in [0.25, 0.3) is 5.91 Å². The number of nitrogen functional groups attached to an aromatic ring is 1. The summed E-state index contributed by atoms with van der Waals surface area (Å²) in [4.78, 5) is 12.3. The van der Waals surface area contributed by atoms with Gasteiger partial charge in [0.1, 0.15) is 23.0 Å². The highest BCUT2D eigenvalue weighted by Gasteiger charge is 2.18. The Bertz CT molecular complexity index is 966. The number of nitrogens with two attached hydrogens (primary N) is 1. The van der Waals surface area contributed by atoms with E-state index in [-0.39, 0.29) is 5.91 Å². The number of amides is 1.